The molecule has 0 fully saturated rings. The number of nitro groups is 1. The van der Waals surface area contributed by atoms with Crippen LogP contribution in [0.15, 0.2) is 39.9 Å². The highest BCUT2D eigenvalue weighted by molar-refractivity contribution is 7.94. The summed E-state index contributed by atoms with van der Waals surface area (Å²) in [4.78, 5) is 10.1. The number of rotatable bonds is 4. The normalized spacial score (nSPS) is 11.2. The molecule has 19 heavy (non-hydrogen) atoms. The number of anilines is 1. The third-order valence-corrected chi connectivity index (χ3v) is 5.19. The monoisotopic (exact) mass is 298 g/mol. The maximum atomic E-state index is 12.0. The Balaban J connectivity index is 2.32. The van der Waals surface area contributed by atoms with Crippen LogP contribution < -0.4 is 4.72 Å². The minimum atomic E-state index is -3.63. The molecule has 0 aliphatic rings. The summed E-state index contributed by atoms with van der Waals surface area (Å²) in [5.74, 6) is 0. The second-order valence-electron chi connectivity index (χ2n) is 3.79. The Hall–Kier alpha value is -1.93. The van der Waals surface area contributed by atoms with E-state index in [-0.39, 0.29) is 9.90 Å². The van der Waals surface area contributed by atoms with Crippen molar-refractivity contribution in [2.24, 2.45) is 0 Å². The summed E-state index contributed by atoms with van der Waals surface area (Å²) in [5.41, 5.74) is 0.755. The molecular formula is C11H10N2O4S2. The van der Waals surface area contributed by atoms with Crippen molar-refractivity contribution in [3.63, 3.8) is 0 Å². The Morgan fingerprint density at radius 2 is 2.05 bits per heavy atom. The highest BCUT2D eigenvalue weighted by Gasteiger charge is 2.17. The average molecular weight is 298 g/mol. The van der Waals surface area contributed by atoms with Gasteiger partial charge in [0, 0.05) is 12.1 Å². The highest BCUT2D eigenvalue weighted by atomic mass is 32.2. The fraction of sp³-hybridized carbons (Fsp3) is 0.0909. The first-order valence-corrected chi connectivity index (χ1v) is 7.58. The van der Waals surface area contributed by atoms with E-state index in [1.54, 1.807) is 18.4 Å². The number of nitrogens with one attached hydrogen (secondary N) is 1. The van der Waals surface area contributed by atoms with Crippen molar-refractivity contribution in [3.8, 4) is 0 Å². The molecule has 0 aliphatic carbocycles. The highest BCUT2D eigenvalue weighted by Crippen LogP contribution is 2.25. The Labute approximate surface area is 113 Å². The molecule has 0 radical (unpaired) electrons. The fourth-order valence-corrected chi connectivity index (χ4v) is 3.61. The molecule has 0 saturated carbocycles. The Morgan fingerprint density at radius 3 is 2.58 bits per heavy atom. The van der Waals surface area contributed by atoms with Gasteiger partial charge in [0.05, 0.1) is 10.6 Å². The van der Waals surface area contributed by atoms with E-state index in [2.05, 4.69) is 4.72 Å². The predicted molar refractivity (Wildman–Crippen MR) is 73.0 cm³/mol. The van der Waals surface area contributed by atoms with Crippen molar-refractivity contribution < 1.29 is 13.3 Å². The van der Waals surface area contributed by atoms with Gasteiger partial charge in [-0.1, -0.05) is 6.07 Å². The van der Waals surface area contributed by atoms with Crippen LogP contribution in [0, 0.1) is 17.0 Å². The van der Waals surface area contributed by atoms with Crippen molar-refractivity contribution in [2.75, 3.05) is 4.72 Å². The first-order valence-electron chi connectivity index (χ1n) is 5.21. The zero-order valence-corrected chi connectivity index (χ0v) is 11.5. The maximum Gasteiger partial charge on any atom is 0.271 e. The molecule has 2 aromatic rings. The van der Waals surface area contributed by atoms with Gasteiger partial charge in [0.1, 0.15) is 4.21 Å². The maximum absolute atomic E-state index is 12.0. The van der Waals surface area contributed by atoms with Crippen molar-refractivity contribution in [2.45, 2.75) is 11.1 Å². The van der Waals surface area contributed by atoms with Gasteiger partial charge in [0.25, 0.3) is 15.7 Å². The molecule has 1 aromatic carbocycles. The lowest BCUT2D eigenvalue weighted by atomic mass is 10.2. The molecule has 1 N–H and O–H groups in total. The van der Waals surface area contributed by atoms with Gasteiger partial charge in [0.15, 0.2) is 0 Å². The molecule has 8 heteroatoms. The number of sulfonamides is 1. The first-order chi connectivity index (χ1) is 8.90. The second-order valence-corrected chi connectivity index (χ2v) is 6.65. The van der Waals surface area contributed by atoms with E-state index in [1.807, 2.05) is 0 Å². The van der Waals surface area contributed by atoms with Gasteiger partial charge in [-0.2, -0.15) is 0 Å². The quantitative estimate of drug-likeness (QED) is 0.694. The van der Waals surface area contributed by atoms with Crippen LogP contribution in [0.5, 0.6) is 0 Å². The standard InChI is InChI=1S/C11H10N2O4S2/c1-8-7-9(13(14)15)4-5-10(8)12-19(16,17)11-3-2-6-18-11/h2-7,12H,1H3. The van der Waals surface area contributed by atoms with Gasteiger partial charge in [-0.3, -0.25) is 14.8 Å². The number of aryl methyl sites for hydroxylation is 1. The van der Waals surface area contributed by atoms with Crippen molar-refractivity contribution >= 4 is 32.7 Å². The minimum absolute atomic E-state index is 0.0726. The molecule has 1 aromatic heterocycles. The van der Waals surface area contributed by atoms with Crippen LogP contribution in [-0.4, -0.2) is 13.3 Å². The van der Waals surface area contributed by atoms with Crippen LogP contribution in [0.1, 0.15) is 5.56 Å². The molecule has 0 unspecified atom stereocenters. The van der Waals surface area contributed by atoms with E-state index in [4.69, 9.17) is 0 Å². The van der Waals surface area contributed by atoms with Gasteiger partial charge in [-0.25, -0.2) is 8.42 Å². The zero-order valence-electron chi connectivity index (χ0n) is 9.86. The van der Waals surface area contributed by atoms with Crippen molar-refractivity contribution in [3.05, 3.63) is 51.4 Å². The molecule has 0 saturated heterocycles. The fourth-order valence-electron chi connectivity index (χ4n) is 1.49. The lowest BCUT2D eigenvalue weighted by Crippen LogP contribution is -2.12. The first kappa shape index (κ1) is 13.5. The van der Waals surface area contributed by atoms with Gasteiger partial charge in [-0.05, 0) is 30.0 Å². The molecular weight excluding hydrogens is 288 g/mol. The van der Waals surface area contributed by atoms with Gasteiger partial charge >= 0.3 is 0 Å². The van der Waals surface area contributed by atoms with Crippen molar-refractivity contribution in [1.29, 1.82) is 0 Å². The van der Waals surface area contributed by atoms with Crippen LogP contribution >= 0.6 is 11.3 Å². The summed E-state index contributed by atoms with van der Waals surface area (Å²) in [5, 5.41) is 12.3. The smallest absolute Gasteiger partial charge is 0.271 e. The number of nitro benzene ring substituents is 1. The molecule has 0 amide bonds. The summed E-state index contributed by atoms with van der Waals surface area (Å²) in [7, 11) is -3.63. The van der Waals surface area contributed by atoms with E-state index in [9.17, 15) is 18.5 Å². The lowest BCUT2D eigenvalue weighted by molar-refractivity contribution is -0.384. The van der Waals surface area contributed by atoms with Crippen LogP contribution in [0.3, 0.4) is 0 Å². The molecule has 0 spiro atoms. The third-order valence-electron chi connectivity index (χ3n) is 2.43. The Bertz CT molecular complexity index is 708. The SMILES string of the molecule is Cc1cc([N+](=O)[O-])ccc1NS(=O)(=O)c1cccs1. The van der Waals surface area contributed by atoms with Crippen LogP contribution in [0.25, 0.3) is 0 Å². The van der Waals surface area contributed by atoms with Crippen LogP contribution in [0.2, 0.25) is 0 Å². The van der Waals surface area contributed by atoms with Crippen molar-refractivity contribution in [1.82, 2.24) is 0 Å². The molecule has 2 rings (SSSR count). The van der Waals surface area contributed by atoms with Crippen LogP contribution in [0.4, 0.5) is 11.4 Å². The minimum Gasteiger partial charge on any atom is -0.279 e. The van der Waals surface area contributed by atoms with Gasteiger partial charge in [0.2, 0.25) is 0 Å². The predicted octanol–water partition coefficient (Wildman–Crippen LogP) is 2.77. The third kappa shape index (κ3) is 2.91. The lowest BCUT2D eigenvalue weighted by Gasteiger charge is -2.08. The Morgan fingerprint density at radius 1 is 1.32 bits per heavy atom. The van der Waals surface area contributed by atoms with E-state index in [1.165, 1.54) is 24.3 Å². The van der Waals surface area contributed by atoms with Gasteiger partial charge in [-0.15, -0.1) is 11.3 Å². The molecule has 0 bridgehead atoms. The van der Waals surface area contributed by atoms with Crippen LogP contribution in [-0.2, 0) is 10.0 Å². The number of nitrogens with zero attached hydrogens (tertiary/aromatic N) is 1. The number of non-ortho nitro benzene ring substituents is 1. The summed E-state index contributed by atoms with van der Waals surface area (Å²) in [6.07, 6.45) is 0. The number of hydrogen-bond acceptors (Lipinski definition) is 5. The average Bonchev–Trinajstić information content (AvgIpc) is 2.85. The number of thiophene rings is 1. The summed E-state index contributed by atoms with van der Waals surface area (Å²) < 4.78 is 26.6. The molecule has 0 aliphatic heterocycles. The van der Waals surface area contributed by atoms with E-state index >= 15 is 0 Å². The molecule has 1 heterocycles. The van der Waals surface area contributed by atoms with E-state index in [0.29, 0.717) is 11.3 Å². The summed E-state index contributed by atoms with van der Waals surface area (Å²) in [6.45, 7) is 1.61. The zero-order chi connectivity index (χ0) is 14.0. The molecule has 6 nitrogen and oxygen atoms in total. The topological polar surface area (TPSA) is 89.3 Å². The number of benzene rings is 1. The van der Waals surface area contributed by atoms with E-state index in [0.717, 1.165) is 11.3 Å². The number of hydrogen-bond donors (Lipinski definition) is 1. The molecule has 100 valence electrons. The van der Waals surface area contributed by atoms with E-state index < -0.39 is 14.9 Å². The van der Waals surface area contributed by atoms with Gasteiger partial charge < -0.3 is 0 Å². The molecule has 0 atom stereocenters. The summed E-state index contributed by atoms with van der Waals surface area (Å²) in [6, 6.07) is 7.11. The summed E-state index contributed by atoms with van der Waals surface area (Å²) >= 11 is 1.10. The largest absolute Gasteiger partial charge is 0.279 e. The second kappa shape index (κ2) is 4.98. The Kier molecular flexibility index (Phi) is 3.54.